The first-order valence-electron chi connectivity index (χ1n) is 8.33. The Bertz CT molecular complexity index is 640. The second-order valence-electron chi connectivity index (χ2n) is 6.44. The van der Waals surface area contributed by atoms with Crippen molar-refractivity contribution < 1.29 is 17.9 Å². The summed E-state index contributed by atoms with van der Waals surface area (Å²) in [5, 5.41) is 0. The SMILES string of the molecule is COc1ccc(S(=O)(=O)NCC(C)N2CCC(C)CC2)c(OC)c1. The number of benzene rings is 1. The third-order valence-electron chi connectivity index (χ3n) is 4.67. The summed E-state index contributed by atoms with van der Waals surface area (Å²) in [6.45, 7) is 6.75. The molecule has 24 heavy (non-hydrogen) atoms. The molecule has 0 amide bonds. The Hall–Kier alpha value is -1.31. The summed E-state index contributed by atoms with van der Waals surface area (Å²) in [6, 6.07) is 4.86. The number of likely N-dealkylation sites (tertiary alicyclic amines) is 1. The van der Waals surface area contributed by atoms with E-state index in [0.717, 1.165) is 19.0 Å². The molecule has 0 radical (unpaired) electrons. The predicted octanol–water partition coefficient (Wildman–Crippen LogP) is 2.10. The number of ether oxygens (including phenoxy) is 2. The van der Waals surface area contributed by atoms with Gasteiger partial charge in [0.2, 0.25) is 10.0 Å². The number of rotatable bonds is 7. The summed E-state index contributed by atoms with van der Waals surface area (Å²) < 4.78 is 38.2. The molecular weight excluding hydrogens is 328 g/mol. The Labute approximate surface area is 145 Å². The van der Waals surface area contributed by atoms with Crippen molar-refractivity contribution in [3.8, 4) is 11.5 Å². The summed E-state index contributed by atoms with van der Waals surface area (Å²) >= 11 is 0. The van der Waals surface area contributed by atoms with Crippen LogP contribution in [0.15, 0.2) is 23.1 Å². The smallest absolute Gasteiger partial charge is 0.244 e. The molecule has 0 aromatic heterocycles. The molecule has 1 saturated heterocycles. The Kier molecular flexibility index (Phi) is 6.48. The van der Waals surface area contributed by atoms with Crippen molar-refractivity contribution in [1.82, 2.24) is 9.62 Å². The third kappa shape index (κ3) is 4.62. The van der Waals surface area contributed by atoms with Crippen molar-refractivity contribution >= 4 is 10.0 Å². The van der Waals surface area contributed by atoms with Gasteiger partial charge in [-0.05, 0) is 50.9 Å². The van der Waals surface area contributed by atoms with Crippen molar-refractivity contribution in [2.45, 2.75) is 37.6 Å². The monoisotopic (exact) mass is 356 g/mol. The summed E-state index contributed by atoms with van der Waals surface area (Å²) in [6.07, 6.45) is 2.34. The fourth-order valence-corrected chi connectivity index (χ4v) is 4.17. The molecule has 2 rings (SSSR count). The van der Waals surface area contributed by atoms with Gasteiger partial charge in [-0.2, -0.15) is 0 Å². The molecule has 1 aromatic carbocycles. The van der Waals surface area contributed by atoms with Gasteiger partial charge in [0, 0.05) is 18.7 Å². The van der Waals surface area contributed by atoms with E-state index in [1.165, 1.54) is 33.1 Å². The van der Waals surface area contributed by atoms with Crippen molar-refractivity contribution in [3.05, 3.63) is 18.2 Å². The summed E-state index contributed by atoms with van der Waals surface area (Å²) in [4.78, 5) is 2.47. The minimum absolute atomic E-state index is 0.130. The topological polar surface area (TPSA) is 67.9 Å². The molecule has 1 aliphatic rings. The second-order valence-corrected chi connectivity index (χ2v) is 8.17. The number of hydrogen-bond acceptors (Lipinski definition) is 5. The van der Waals surface area contributed by atoms with Gasteiger partial charge in [-0.25, -0.2) is 13.1 Å². The van der Waals surface area contributed by atoms with Gasteiger partial charge in [0.1, 0.15) is 16.4 Å². The fourth-order valence-electron chi connectivity index (χ4n) is 2.90. The molecule has 0 saturated carbocycles. The first-order chi connectivity index (χ1) is 11.4. The zero-order valence-electron chi connectivity index (χ0n) is 14.9. The molecular formula is C17H28N2O4S. The third-order valence-corrected chi connectivity index (χ3v) is 6.13. The summed E-state index contributed by atoms with van der Waals surface area (Å²) in [5.74, 6) is 1.59. The quantitative estimate of drug-likeness (QED) is 0.810. The molecule has 1 unspecified atom stereocenters. The number of piperidine rings is 1. The Morgan fingerprint density at radius 3 is 2.50 bits per heavy atom. The van der Waals surface area contributed by atoms with Gasteiger partial charge >= 0.3 is 0 Å². The summed E-state index contributed by atoms with van der Waals surface area (Å²) in [7, 11) is -0.650. The normalized spacial score (nSPS) is 18.3. The molecule has 1 N–H and O–H groups in total. The van der Waals surface area contributed by atoms with Gasteiger partial charge in [-0.3, -0.25) is 4.90 Å². The van der Waals surface area contributed by atoms with E-state index in [1.807, 2.05) is 0 Å². The van der Waals surface area contributed by atoms with Crippen molar-refractivity contribution in [1.29, 1.82) is 0 Å². The van der Waals surface area contributed by atoms with Gasteiger partial charge in [0.15, 0.2) is 0 Å². The van der Waals surface area contributed by atoms with Crippen LogP contribution in [0.3, 0.4) is 0 Å². The van der Waals surface area contributed by atoms with Crippen LogP contribution >= 0.6 is 0 Å². The van der Waals surface area contributed by atoms with Crippen LogP contribution in [-0.2, 0) is 10.0 Å². The van der Waals surface area contributed by atoms with Crippen molar-refractivity contribution in [2.24, 2.45) is 5.92 Å². The van der Waals surface area contributed by atoms with E-state index in [4.69, 9.17) is 9.47 Å². The van der Waals surface area contributed by atoms with Crippen LogP contribution in [0.4, 0.5) is 0 Å². The van der Waals surface area contributed by atoms with E-state index in [1.54, 1.807) is 12.1 Å². The average molecular weight is 356 g/mol. The highest BCUT2D eigenvalue weighted by Gasteiger charge is 2.24. The van der Waals surface area contributed by atoms with Crippen LogP contribution in [0, 0.1) is 5.92 Å². The van der Waals surface area contributed by atoms with Crippen LogP contribution in [0.5, 0.6) is 11.5 Å². The molecule has 6 nitrogen and oxygen atoms in total. The number of hydrogen-bond donors (Lipinski definition) is 1. The molecule has 7 heteroatoms. The van der Waals surface area contributed by atoms with Crippen molar-refractivity contribution in [2.75, 3.05) is 33.9 Å². The first-order valence-corrected chi connectivity index (χ1v) is 9.81. The van der Waals surface area contributed by atoms with Crippen molar-refractivity contribution in [3.63, 3.8) is 0 Å². The van der Waals surface area contributed by atoms with Gasteiger partial charge in [-0.15, -0.1) is 0 Å². The lowest BCUT2D eigenvalue weighted by atomic mass is 9.98. The Morgan fingerprint density at radius 2 is 1.92 bits per heavy atom. The zero-order valence-corrected chi connectivity index (χ0v) is 15.7. The molecule has 1 atom stereocenters. The maximum atomic E-state index is 12.6. The van der Waals surface area contributed by atoms with E-state index in [2.05, 4.69) is 23.5 Å². The van der Waals surface area contributed by atoms with Crippen LogP contribution in [0.1, 0.15) is 26.7 Å². The highest BCUT2D eigenvalue weighted by molar-refractivity contribution is 7.89. The minimum Gasteiger partial charge on any atom is -0.497 e. The number of nitrogens with zero attached hydrogens (tertiary/aromatic N) is 1. The zero-order chi connectivity index (χ0) is 17.7. The molecule has 0 spiro atoms. The maximum absolute atomic E-state index is 12.6. The Balaban J connectivity index is 2.03. The molecule has 0 aliphatic carbocycles. The average Bonchev–Trinajstić information content (AvgIpc) is 2.59. The van der Waals surface area contributed by atoms with Gasteiger partial charge in [-0.1, -0.05) is 6.92 Å². The molecule has 1 aromatic rings. The lowest BCUT2D eigenvalue weighted by Crippen LogP contribution is -2.45. The lowest BCUT2D eigenvalue weighted by Gasteiger charge is -2.35. The molecule has 1 aliphatic heterocycles. The highest BCUT2D eigenvalue weighted by atomic mass is 32.2. The minimum atomic E-state index is -3.63. The molecule has 0 bridgehead atoms. The Morgan fingerprint density at radius 1 is 1.25 bits per heavy atom. The first kappa shape index (κ1) is 19.0. The second kappa shape index (κ2) is 8.18. The van der Waals surface area contributed by atoms with Crippen LogP contribution in [0.2, 0.25) is 0 Å². The number of sulfonamides is 1. The van der Waals surface area contributed by atoms with Crippen LogP contribution in [-0.4, -0.2) is 53.2 Å². The van der Waals surface area contributed by atoms with E-state index >= 15 is 0 Å². The maximum Gasteiger partial charge on any atom is 0.244 e. The molecule has 136 valence electrons. The van der Waals surface area contributed by atoms with Crippen LogP contribution in [0.25, 0.3) is 0 Å². The molecule has 1 fully saturated rings. The standard InChI is InChI=1S/C17H28N2O4S/c1-13-7-9-19(10-8-13)14(2)12-18-24(20,21)17-6-5-15(22-3)11-16(17)23-4/h5-6,11,13-14,18H,7-10,12H2,1-4H3. The van der Waals surface area contributed by atoms with Crippen LogP contribution < -0.4 is 14.2 Å². The predicted molar refractivity (Wildman–Crippen MR) is 94.2 cm³/mol. The number of nitrogens with one attached hydrogen (secondary N) is 1. The summed E-state index contributed by atoms with van der Waals surface area (Å²) in [5.41, 5.74) is 0. The van der Waals surface area contributed by atoms with Gasteiger partial charge < -0.3 is 9.47 Å². The highest BCUT2D eigenvalue weighted by Crippen LogP contribution is 2.28. The molecule has 1 heterocycles. The van der Waals surface area contributed by atoms with E-state index in [-0.39, 0.29) is 16.7 Å². The van der Waals surface area contributed by atoms with E-state index < -0.39 is 10.0 Å². The lowest BCUT2D eigenvalue weighted by molar-refractivity contribution is 0.148. The van der Waals surface area contributed by atoms with E-state index in [9.17, 15) is 8.42 Å². The fraction of sp³-hybridized carbons (Fsp3) is 0.647. The van der Waals surface area contributed by atoms with E-state index in [0.29, 0.717) is 12.3 Å². The van der Waals surface area contributed by atoms with Gasteiger partial charge in [0.25, 0.3) is 0 Å². The number of methoxy groups -OCH3 is 2. The van der Waals surface area contributed by atoms with Gasteiger partial charge in [0.05, 0.1) is 14.2 Å². The largest absolute Gasteiger partial charge is 0.497 e.